The van der Waals surface area contributed by atoms with Gasteiger partial charge in [-0.3, -0.25) is 9.69 Å². The number of amides is 1. The molecule has 1 amide bonds. The van der Waals surface area contributed by atoms with E-state index in [9.17, 15) is 18.5 Å². The van der Waals surface area contributed by atoms with Crippen LogP contribution in [0.15, 0.2) is 29.2 Å². The molecule has 1 aromatic carbocycles. The Morgan fingerprint density at radius 1 is 1.24 bits per heavy atom. The summed E-state index contributed by atoms with van der Waals surface area (Å²) in [6.45, 7) is 4.90. The second-order valence-electron chi connectivity index (χ2n) is 9.14. The van der Waals surface area contributed by atoms with E-state index < -0.39 is 10.0 Å². The summed E-state index contributed by atoms with van der Waals surface area (Å²) >= 11 is 1.47. The fourth-order valence-corrected chi connectivity index (χ4v) is 7.58. The third-order valence-electron chi connectivity index (χ3n) is 6.90. The SMILES string of the molecule is CCCN1CCc2c(sc(NC(=O)c3ccc(S(=O)(=O)N(C)C4CCCCC4)cc3)c2C#N)C1. The first-order chi connectivity index (χ1) is 16.3. The lowest BCUT2D eigenvalue weighted by Gasteiger charge is -2.30. The summed E-state index contributed by atoms with van der Waals surface area (Å²) < 4.78 is 27.6. The molecule has 2 aromatic rings. The van der Waals surface area contributed by atoms with Gasteiger partial charge in [0, 0.05) is 36.6 Å². The molecule has 0 atom stereocenters. The minimum atomic E-state index is -3.61. The third-order valence-corrected chi connectivity index (χ3v) is 9.95. The van der Waals surface area contributed by atoms with Crippen molar-refractivity contribution in [1.29, 1.82) is 5.26 Å². The van der Waals surface area contributed by atoms with Crippen LogP contribution < -0.4 is 5.32 Å². The number of hydrogen-bond donors (Lipinski definition) is 1. The largest absolute Gasteiger partial charge is 0.312 e. The van der Waals surface area contributed by atoms with Crippen LogP contribution in [0.5, 0.6) is 0 Å². The number of benzene rings is 1. The molecule has 2 aliphatic rings. The summed E-state index contributed by atoms with van der Waals surface area (Å²) in [5, 5.41) is 13.2. The molecule has 7 nitrogen and oxygen atoms in total. The molecule has 1 aliphatic heterocycles. The fraction of sp³-hybridized carbons (Fsp3) is 0.520. The first-order valence-corrected chi connectivity index (χ1v) is 14.3. The Labute approximate surface area is 206 Å². The molecule has 1 aliphatic carbocycles. The van der Waals surface area contributed by atoms with Crippen molar-refractivity contribution in [2.45, 2.75) is 69.4 Å². The van der Waals surface area contributed by atoms with E-state index in [-0.39, 0.29) is 16.8 Å². The highest BCUT2D eigenvalue weighted by Crippen LogP contribution is 2.37. The number of rotatable bonds is 7. The Balaban J connectivity index is 1.48. The average molecular weight is 501 g/mol. The van der Waals surface area contributed by atoms with E-state index >= 15 is 0 Å². The summed E-state index contributed by atoms with van der Waals surface area (Å²) in [5.74, 6) is -0.343. The number of anilines is 1. The molecule has 34 heavy (non-hydrogen) atoms. The summed E-state index contributed by atoms with van der Waals surface area (Å²) in [6, 6.07) is 8.38. The van der Waals surface area contributed by atoms with Gasteiger partial charge in [-0.25, -0.2) is 8.42 Å². The average Bonchev–Trinajstić information content (AvgIpc) is 3.20. The van der Waals surface area contributed by atoms with Crippen molar-refractivity contribution >= 4 is 32.3 Å². The van der Waals surface area contributed by atoms with E-state index in [4.69, 9.17) is 0 Å². The number of hydrogen-bond acceptors (Lipinski definition) is 6. The molecule has 0 spiro atoms. The Bertz CT molecular complexity index is 1180. The van der Waals surface area contributed by atoms with Gasteiger partial charge in [0.15, 0.2) is 0 Å². The van der Waals surface area contributed by atoms with Gasteiger partial charge in [-0.05, 0) is 62.1 Å². The molecule has 1 saturated carbocycles. The van der Waals surface area contributed by atoms with Crippen LogP contribution in [0.2, 0.25) is 0 Å². The van der Waals surface area contributed by atoms with Crippen molar-refractivity contribution in [1.82, 2.24) is 9.21 Å². The van der Waals surface area contributed by atoms with Crippen LogP contribution in [0.25, 0.3) is 0 Å². The highest BCUT2D eigenvalue weighted by atomic mass is 32.2. The van der Waals surface area contributed by atoms with Crippen molar-refractivity contribution in [3.05, 3.63) is 45.8 Å². The third kappa shape index (κ3) is 5.05. The number of nitrogens with zero attached hydrogens (tertiary/aromatic N) is 3. The van der Waals surface area contributed by atoms with Crippen LogP contribution in [-0.4, -0.2) is 49.7 Å². The minimum Gasteiger partial charge on any atom is -0.312 e. The summed E-state index contributed by atoms with van der Waals surface area (Å²) in [5.41, 5.74) is 1.96. The molecule has 1 aromatic heterocycles. The Kier molecular flexibility index (Phi) is 7.73. The zero-order valence-corrected chi connectivity index (χ0v) is 21.5. The Morgan fingerprint density at radius 2 is 1.94 bits per heavy atom. The van der Waals surface area contributed by atoms with Gasteiger partial charge in [-0.15, -0.1) is 11.3 Å². The molecular formula is C25H32N4O3S2. The normalized spacial score (nSPS) is 17.4. The second kappa shape index (κ2) is 10.6. The monoisotopic (exact) mass is 500 g/mol. The van der Waals surface area contributed by atoms with Crippen LogP contribution in [0.3, 0.4) is 0 Å². The topological polar surface area (TPSA) is 93.5 Å². The first-order valence-electron chi connectivity index (χ1n) is 12.0. The van der Waals surface area contributed by atoms with Crippen molar-refractivity contribution in [2.24, 2.45) is 0 Å². The lowest BCUT2D eigenvalue weighted by Crippen LogP contribution is -2.38. The molecule has 2 heterocycles. The van der Waals surface area contributed by atoms with Crippen LogP contribution in [-0.2, 0) is 23.0 Å². The number of carbonyl (C=O) groups excluding carboxylic acids is 1. The Morgan fingerprint density at radius 3 is 2.59 bits per heavy atom. The van der Waals surface area contributed by atoms with Gasteiger partial charge in [0.2, 0.25) is 10.0 Å². The van der Waals surface area contributed by atoms with Crippen LogP contribution in [0.4, 0.5) is 5.00 Å². The standard InChI is InChI=1S/C25H32N4O3S2/c1-3-14-29-15-13-21-22(16-26)25(33-23(21)17-29)27-24(30)18-9-11-20(12-10-18)34(31,32)28(2)19-7-5-4-6-8-19/h9-12,19H,3-8,13-15,17H2,1-2H3,(H,27,30). The maximum absolute atomic E-state index is 13.1. The maximum Gasteiger partial charge on any atom is 0.256 e. The first kappa shape index (κ1) is 24.9. The molecule has 0 saturated heterocycles. The molecule has 0 unspecified atom stereocenters. The molecule has 1 fully saturated rings. The number of fused-ring (bicyclic) bond motifs is 1. The summed E-state index contributed by atoms with van der Waals surface area (Å²) in [7, 11) is -1.96. The van der Waals surface area contributed by atoms with Crippen LogP contribution in [0, 0.1) is 11.3 Å². The highest BCUT2D eigenvalue weighted by molar-refractivity contribution is 7.89. The quantitative estimate of drug-likeness (QED) is 0.600. The number of sulfonamides is 1. The predicted octanol–water partition coefficient (Wildman–Crippen LogP) is 4.59. The van der Waals surface area contributed by atoms with Gasteiger partial charge >= 0.3 is 0 Å². The zero-order valence-electron chi connectivity index (χ0n) is 19.8. The molecule has 0 bridgehead atoms. The van der Waals surface area contributed by atoms with E-state index in [0.29, 0.717) is 16.1 Å². The van der Waals surface area contributed by atoms with Crippen LogP contribution >= 0.6 is 11.3 Å². The van der Waals surface area contributed by atoms with Gasteiger partial charge in [-0.2, -0.15) is 9.57 Å². The highest BCUT2D eigenvalue weighted by Gasteiger charge is 2.29. The van der Waals surface area contributed by atoms with Crippen LogP contribution in [0.1, 0.15) is 71.8 Å². The molecule has 1 N–H and O–H groups in total. The lowest BCUT2D eigenvalue weighted by atomic mass is 9.96. The molecule has 182 valence electrons. The number of thiophene rings is 1. The van der Waals surface area contributed by atoms with E-state index in [1.54, 1.807) is 19.2 Å². The minimum absolute atomic E-state index is 0.0317. The smallest absolute Gasteiger partial charge is 0.256 e. The number of carbonyl (C=O) groups is 1. The van der Waals surface area contributed by atoms with E-state index in [1.807, 2.05) is 0 Å². The molecule has 0 radical (unpaired) electrons. The second-order valence-corrected chi connectivity index (χ2v) is 12.2. The predicted molar refractivity (Wildman–Crippen MR) is 135 cm³/mol. The van der Waals surface area contributed by atoms with E-state index in [2.05, 4.69) is 23.2 Å². The summed E-state index contributed by atoms with van der Waals surface area (Å²) in [4.78, 5) is 16.6. The maximum atomic E-state index is 13.1. The Hall–Kier alpha value is -2.25. The molecule has 9 heteroatoms. The number of nitrogens with one attached hydrogen (secondary N) is 1. The fourth-order valence-electron chi connectivity index (χ4n) is 4.93. The van der Waals surface area contributed by atoms with Crippen molar-refractivity contribution in [3.8, 4) is 6.07 Å². The van der Waals surface area contributed by atoms with Gasteiger partial charge in [0.1, 0.15) is 11.1 Å². The van der Waals surface area contributed by atoms with Gasteiger partial charge in [0.05, 0.1) is 10.5 Å². The zero-order chi connectivity index (χ0) is 24.3. The summed E-state index contributed by atoms with van der Waals surface area (Å²) in [6.07, 6.45) is 6.93. The van der Waals surface area contributed by atoms with Crippen molar-refractivity contribution in [2.75, 3.05) is 25.5 Å². The van der Waals surface area contributed by atoms with Gasteiger partial charge < -0.3 is 5.32 Å². The lowest BCUT2D eigenvalue weighted by molar-refractivity contribution is 0.102. The van der Waals surface area contributed by atoms with E-state index in [0.717, 1.165) is 75.0 Å². The van der Waals surface area contributed by atoms with Crippen molar-refractivity contribution < 1.29 is 13.2 Å². The molecule has 4 rings (SSSR count). The number of nitriles is 1. The van der Waals surface area contributed by atoms with Gasteiger partial charge in [-0.1, -0.05) is 26.2 Å². The van der Waals surface area contributed by atoms with Gasteiger partial charge in [0.25, 0.3) is 5.91 Å². The van der Waals surface area contributed by atoms with Crippen molar-refractivity contribution in [3.63, 3.8) is 0 Å². The van der Waals surface area contributed by atoms with E-state index in [1.165, 1.54) is 27.8 Å². The molecular weight excluding hydrogens is 468 g/mol.